The minimum Gasteiger partial charge on any atom is -0.311 e. The molecule has 0 spiro atoms. The standard InChI is InChI=1S/C43H50N2.C21H20/c1-5-8-11-35-16-24-39(25-17-35)44(38-22-14-34(4)15-23-38)42-30-32-43(33-31-42)45(40-26-18-36(19-27-40)12-9-6-2)41-28-20-37(21-29-41)13-10-7-3;1-13-9-10-17-18(11-13)21(3,4)19-12-14(2)15-7-5-6-8-16(15)20(17)19/h14-33H,5-13H2,1-4H3;5-12H,1-4H3. The van der Waals surface area contributed by atoms with E-state index in [0.29, 0.717) is 0 Å². The molecule has 0 fully saturated rings. The van der Waals surface area contributed by atoms with Crippen LogP contribution in [0.25, 0.3) is 21.9 Å². The van der Waals surface area contributed by atoms with Crippen molar-refractivity contribution in [3.05, 3.63) is 214 Å². The summed E-state index contributed by atoms with van der Waals surface area (Å²) in [7, 11) is 0. The maximum absolute atomic E-state index is 2.40. The largest absolute Gasteiger partial charge is 0.311 e. The average molecular weight is 867 g/mol. The molecule has 66 heavy (non-hydrogen) atoms. The molecule has 0 bridgehead atoms. The molecule has 0 heterocycles. The SMILES string of the molecule is CCCCc1ccc(N(c2ccc(C)cc2)c2ccc(N(c3ccc(CCCC)cc3)c3ccc(CCCC)cc3)cc2)cc1.Cc1ccc2c(c1)C(C)(C)c1cc(C)c3ccccc3c1-2. The molecule has 0 aliphatic heterocycles. The van der Waals surface area contributed by atoms with Gasteiger partial charge in [-0.25, -0.2) is 0 Å². The summed E-state index contributed by atoms with van der Waals surface area (Å²) in [4.78, 5) is 4.75. The van der Waals surface area contributed by atoms with Gasteiger partial charge >= 0.3 is 0 Å². The average Bonchev–Trinajstić information content (AvgIpc) is 3.56. The van der Waals surface area contributed by atoms with Crippen LogP contribution < -0.4 is 9.80 Å². The second kappa shape index (κ2) is 20.8. The van der Waals surface area contributed by atoms with Gasteiger partial charge in [0.15, 0.2) is 0 Å². The van der Waals surface area contributed by atoms with Crippen molar-refractivity contribution >= 4 is 44.9 Å². The molecule has 8 aromatic rings. The van der Waals surface area contributed by atoms with E-state index < -0.39 is 0 Å². The fourth-order valence-electron chi connectivity index (χ4n) is 9.79. The van der Waals surface area contributed by atoms with Gasteiger partial charge < -0.3 is 9.80 Å². The number of hydrogen-bond acceptors (Lipinski definition) is 2. The van der Waals surface area contributed by atoms with Gasteiger partial charge in [-0.1, -0.05) is 162 Å². The summed E-state index contributed by atoms with van der Waals surface area (Å²) in [5, 5.41) is 2.77. The fraction of sp³-hybridized carbons (Fsp3) is 0.281. The molecule has 2 heteroatoms. The van der Waals surface area contributed by atoms with Crippen molar-refractivity contribution in [3.8, 4) is 11.1 Å². The zero-order chi connectivity index (χ0) is 46.2. The van der Waals surface area contributed by atoms with E-state index in [1.165, 1.54) is 122 Å². The predicted molar refractivity (Wildman–Crippen MR) is 287 cm³/mol. The zero-order valence-electron chi connectivity index (χ0n) is 40.9. The lowest BCUT2D eigenvalue weighted by atomic mass is 9.81. The van der Waals surface area contributed by atoms with E-state index in [1.807, 2.05) is 0 Å². The Hall–Kier alpha value is -6.38. The first kappa shape index (κ1) is 46.2. The molecule has 0 atom stereocenters. The van der Waals surface area contributed by atoms with Gasteiger partial charge in [-0.05, 0) is 187 Å². The second-order valence-corrected chi connectivity index (χ2v) is 19.2. The van der Waals surface area contributed by atoms with Crippen molar-refractivity contribution in [2.75, 3.05) is 9.80 Å². The summed E-state index contributed by atoms with van der Waals surface area (Å²) in [6.45, 7) is 18.0. The number of unbranched alkanes of at least 4 members (excludes halogenated alkanes) is 3. The molecular formula is C64H70N2. The quantitative estimate of drug-likeness (QED) is 0.101. The lowest BCUT2D eigenvalue weighted by molar-refractivity contribution is 0.659. The van der Waals surface area contributed by atoms with Crippen LogP contribution in [0.4, 0.5) is 34.1 Å². The zero-order valence-corrected chi connectivity index (χ0v) is 40.9. The third-order valence-corrected chi connectivity index (χ3v) is 13.7. The van der Waals surface area contributed by atoms with E-state index in [0.717, 1.165) is 36.3 Å². The summed E-state index contributed by atoms with van der Waals surface area (Å²) in [6, 6.07) is 63.4. The van der Waals surface area contributed by atoms with Gasteiger partial charge in [0.1, 0.15) is 0 Å². The van der Waals surface area contributed by atoms with Crippen molar-refractivity contribution in [1.82, 2.24) is 0 Å². The smallest absolute Gasteiger partial charge is 0.0463 e. The minimum absolute atomic E-state index is 0.0888. The molecule has 8 aromatic carbocycles. The highest BCUT2D eigenvalue weighted by Gasteiger charge is 2.36. The Kier molecular flexibility index (Phi) is 14.6. The van der Waals surface area contributed by atoms with Crippen LogP contribution in [-0.4, -0.2) is 0 Å². The minimum atomic E-state index is 0.0888. The van der Waals surface area contributed by atoms with Crippen molar-refractivity contribution in [1.29, 1.82) is 0 Å². The molecule has 0 N–H and O–H groups in total. The van der Waals surface area contributed by atoms with Gasteiger partial charge in [-0.15, -0.1) is 0 Å². The molecule has 0 radical (unpaired) electrons. The number of rotatable bonds is 15. The number of hydrogen-bond donors (Lipinski definition) is 0. The van der Waals surface area contributed by atoms with Gasteiger partial charge in [0.25, 0.3) is 0 Å². The van der Waals surface area contributed by atoms with E-state index in [-0.39, 0.29) is 5.41 Å². The molecule has 336 valence electrons. The first-order chi connectivity index (χ1) is 32.1. The van der Waals surface area contributed by atoms with E-state index in [1.54, 1.807) is 0 Å². The predicted octanol–water partition coefficient (Wildman–Crippen LogP) is 18.7. The molecule has 0 saturated heterocycles. The number of nitrogens with zero attached hydrogens (tertiary/aromatic N) is 2. The molecule has 0 saturated carbocycles. The lowest BCUT2D eigenvalue weighted by Gasteiger charge is -2.28. The third-order valence-electron chi connectivity index (χ3n) is 13.7. The van der Waals surface area contributed by atoms with Crippen LogP contribution in [0.1, 0.15) is 118 Å². The van der Waals surface area contributed by atoms with Crippen LogP contribution in [-0.2, 0) is 24.7 Å². The normalized spacial score (nSPS) is 12.3. The number of aryl methyl sites for hydroxylation is 6. The van der Waals surface area contributed by atoms with Crippen LogP contribution in [0, 0.1) is 20.8 Å². The van der Waals surface area contributed by atoms with Crippen molar-refractivity contribution in [2.45, 2.75) is 119 Å². The van der Waals surface area contributed by atoms with E-state index in [9.17, 15) is 0 Å². The Morgan fingerprint density at radius 3 is 1.15 bits per heavy atom. The molecule has 0 amide bonds. The van der Waals surface area contributed by atoms with Gasteiger partial charge in [0.05, 0.1) is 0 Å². The van der Waals surface area contributed by atoms with Crippen LogP contribution in [0.3, 0.4) is 0 Å². The van der Waals surface area contributed by atoms with Crippen LogP contribution in [0.2, 0.25) is 0 Å². The Morgan fingerprint density at radius 1 is 0.379 bits per heavy atom. The number of fused-ring (bicyclic) bond motifs is 5. The molecule has 9 rings (SSSR count). The van der Waals surface area contributed by atoms with Crippen molar-refractivity contribution in [2.24, 2.45) is 0 Å². The van der Waals surface area contributed by atoms with Gasteiger partial charge in [0, 0.05) is 39.5 Å². The number of benzene rings is 8. The molecule has 0 unspecified atom stereocenters. The van der Waals surface area contributed by atoms with E-state index in [4.69, 9.17) is 0 Å². The Bertz CT molecular complexity index is 2780. The summed E-state index contributed by atoms with van der Waals surface area (Å²) >= 11 is 0. The summed E-state index contributed by atoms with van der Waals surface area (Å²) in [5.41, 5.74) is 21.1. The first-order valence-electron chi connectivity index (χ1n) is 24.8. The number of anilines is 6. The molecular weight excluding hydrogens is 797 g/mol. The van der Waals surface area contributed by atoms with Gasteiger partial charge in [-0.2, -0.15) is 0 Å². The maximum atomic E-state index is 2.40. The van der Waals surface area contributed by atoms with E-state index >= 15 is 0 Å². The fourth-order valence-corrected chi connectivity index (χ4v) is 9.79. The van der Waals surface area contributed by atoms with Crippen LogP contribution in [0.15, 0.2) is 170 Å². The Labute approximate surface area is 397 Å². The molecule has 1 aliphatic rings. The highest BCUT2D eigenvalue weighted by Crippen LogP contribution is 2.52. The molecule has 2 nitrogen and oxygen atoms in total. The lowest BCUT2D eigenvalue weighted by Crippen LogP contribution is -2.15. The summed E-state index contributed by atoms with van der Waals surface area (Å²) in [5.74, 6) is 0. The highest BCUT2D eigenvalue weighted by molar-refractivity contribution is 6.03. The Balaban J connectivity index is 0.000000233. The van der Waals surface area contributed by atoms with Crippen LogP contribution in [0.5, 0.6) is 0 Å². The van der Waals surface area contributed by atoms with Crippen molar-refractivity contribution < 1.29 is 0 Å². The monoisotopic (exact) mass is 867 g/mol. The van der Waals surface area contributed by atoms with Gasteiger partial charge in [0.2, 0.25) is 0 Å². The van der Waals surface area contributed by atoms with Gasteiger partial charge in [-0.3, -0.25) is 0 Å². The first-order valence-corrected chi connectivity index (χ1v) is 24.8. The second-order valence-electron chi connectivity index (χ2n) is 19.2. The van der Waals surface area contributed by atoms with Crippen LogP contribution >= 0.6 is 0 Å². The van der Waals surface area contributed by atoms with Crippen molar-refractivity contribution in [3.63, 3.8) is 0 Å². The Morgan fingerprint density at radius 2 is 0.742 bits per heavy atom. The molecule has 1 aliphatic carbocycles. The van der Waals surface area contributed by atoms with E-state index in [2.05, 4.69) is 235 Å². The molecule has 0 aromatic heterocycles. The third kappa shape index (κ3) is 10.0. The summed E-state index contributed by atoms with van der Waals surface area (Å²) in [6.07, 6.45) is 10.7. The highest BCUT2D eigenvalue weighted by atomic mass is 15.2. The maximum Gasteiger partial charge on any atom is 0.0463 e. The topological polar surface area (TPSA) is 6.48 Å². The summed E-state index contributed by atoms with van der Waals surface area (Å²) < 4.78 is 0.